The Balaban J connectivity index is 1.76. The summed E-state index contributed by atoms with van der Waals surface area (Å²) in [6, 6.07) is 12.4. The quantitative estimate of drug-likeness (QED) is 0.908. The average molecular weight is 287 g/mol. The highest BCUT2D eigenvalue weighted by molar-refractivity contribution is 6.30. The van der Waals surface area contributed by atoms with Crippen LogP contribution in [0.1, 0.15) is 16.7 Å². The van der Waals surface area contributed by atoms with E-state index in [0.717, 1.165) is 17.9 Å². The molecule has 1 atom stereocenters. The molecule has 0 saturated carbocycles. The summed E-state index contributed by atoms with van der Waals surface area (Å²) in [6.45, 7) is 0. The van der Waals surface area contributed by atoms with E-state index in [1.165, 1.54) is 17.2 Å². The summed E-state index contributed by atoms with van der Waals surface area (Å²) in [7, 11) is 0. The zero-order valence-electron chi connectivity index (χ0n) is 10.7. The molecule has 100 valence electrons. The Morgan fingerprint density at radius 1 is 1.15 bits per heavy atom. The van der Waals surface area contributed by atoms with Gasteiger partial charge in [-0.2, -0.15) is 5.26 Å². The fourth-order valence-corrected chi connectivity index (χ4v) is 2.81. The normalized spacial score (nSPS) is 16.6. The molecule has 2 aromatic rings. The Kier molecular flexibility index (Phi) is 3.33. The van der Waals surface area contributed by atoms with Crippen molar-refractivity contribution in [1.82, 2.24) is 0 Å². The van der Waals surface area contributed by atoms with E-state index in [2.05, 4.69) is 5.32 Å². The number of hydrogen-bond donors (Lipinski definition) is 1. The van der Waals surface area contributed by atoms with Gasteiger partial charge >= 0.3 is 0 Å². The minimum absolute atomic E-state index is 0.158. The van der Waals surface area contributed by atoms with E-state index in [0.29, 0.717) is 11.3 Å². The van der Waals surface area contributed by atoms with Crippen molar-refractivity contribution in [2.24, 2.45) is 0 Å². The molecule has 0 saturated heterocycles. The first-order valence-corrected chi connectivity index (χ1v) is 6.77. The van der Waals surface area contributed by atoms with Gasteiger partial charge in [0.25, 0.3) is 0 Å². The van der Waals surface area contributed by atoms with E-state index in [9.17, 15) is 4.39 Å². The molecule has 0 aromatic heterocycles. The van der Waals surface area contributed by atoms with Gasteiger partial charge in [-0.25, -0.2) is 4.39 Å². The number of benzene rings is 2. The van der Waals surface area contributed by atoms with Crippen LogP contribution < -0.4 is 5.32 Å². The fraction of sp³-hybridized carbons (Fsp3) is 0.188. The van der Waals surface area contributed by atoms with Crippen molar-refractivity contribution in [2.45, 2.75) is 18.9 Å². The standard InChI is InChI=1S/C16H12ClFN2/c17-13-3-2-11-7-14(8-12(11)6-13)20-16-4-1-10(9-19)5-15(16)18/h1-6,14,20H,7-8H2. The summed E-state index contributed by atoms with van der Waals surface area (Å²) in [5, 5.41) is 12.7. The van der Waals surface area contributed by atoms with Gasteiger partial charge in [0.2, 0.25) is 0 Å². The maximum atomic E-state index is 13.8. The fourth-order valence-electron chi connectivity index (χ4n) is 2.61. The van der Waals surface area contributed by atoms with E-state index in [1.54, 1.807) is 12.1 Å². The van der Waals surface area contributed by atoms with Crippen molar-refractivity contribution < 1.29 is 4.39 Å². The molecular weight excluding hydrogens is 275 g/mol. The Morgan fingerprint density at radius 3 is 2.70 bits per heavy atom. The monoisotopic (exact) mass is 286 g/mol. The number of halogens is 2. The molecule has 0 fully saturated rings. The predicted octanol–water partition coefficient (Wildman–Crippen LogP) is 3.93. The van der Waals surface area contributed by atoms with Gasteiger partial charge in [-0.1, -0.05) is 17.7 Å². The zero-order valence-corrected chi connectivity index (χ0v) is 11.4. The van der Waals surface area contributed by atoms with Crippen molar-refractivity contribution in [2.75, 3.05) is 5.32 Å². The third-order valence-corrected chi connectivity index (χ3v) is 3.79. The Labute approximate surface area is 121 Å². The molecule has 0 heterocycles. The van der Waals surface area contributed by atoms with Crippen LogP contribution in [0.25, 0.3) is 0 Å². The summed E-state index contributed by atoms with van der Waals surface area (Å²) in [4.78, 5) is 0. The summed E-state index contributed by atoms with van der Waals surface area (Å²) in [6.07, 6.45) is 1.68. The van der Waals surface area contributed by atoms with Gasteiger partial charge in [-0.15, -0.1) is 0 Å². The van der Waals surface area contributed by atoms with E-state index in [4.69, 9.17) is 16.9 Å². The van der Waals surface area contributed by atoms with Crippen molar-refractivity contribution in [3.63, 3.8) is 0 Å². The molecule has 1 unspecified atom stereocenters. The molecule has 0 aliphatic heterocycles. The summed E-state index contributed by atoms with van der Waals surface area (Å²) < 4.78 is 13.8. The number of nitriles is 1. The van der Waals surface area contributed by atoms with E-state index >= 15 is 0 Å². The lowest BCUT2D eigenvalue weighted by atomic mass is 10.1. The molecule has 0 amide bonds. The third kappa shape index (κ3) is 2.48. The summed E-state index contributed by atoms with van der Waals surface area (Å²) in [5.74, 6) is -0.391. The highest BCUT2D eigenvalue weighted by Crippen LogP contribution is 2.28. The predicted molar refractivity (Wildman–Crippen MR) is 77.4 cm³/mol. The number of rotatable bonds is 2. The van der Waals surface area contributed by atoms with E-state index < -0.39 is 5.82 Å². The Hall–Kier alpha value is -2.05. The van der Waals surface area contributed by atoms with Gasteiger partial charge in [0, 0.05) is 11.1 Å². The molecule has 20 heavy (non-hydrogen) atoms. The van der Waals surface area contributed by atoms with Crippen molar-refractivity contribution in [1.29, 1.82) is 5.26 Å². The molecular formula is C16H12ClFN2. The van der Waals surface area contributed by atoms with Crippen LogP contribution in [0.3, 0.4) is 0 Å². The minimum atomic E-state index is -0.391. The van der Waals surface area contributed by atoms with Gasteiger partial charge in [0.1, 0.15) is 5.82 Å². The van der Waals surface area contributed by atoms with E-state index in [1.807, 2.05) is 24.3 Å². The summed E-state index contributed by atoms with van der Waals surface area (Å²) >= 11 is 5.98. The number of nitrogens with zero attached hydrogens (tertiary/aromatic N) is 1. The molecule has 3 rings (SSSR count). The lowest BCUT2D eigenvalue weighted by Gasteiger charge is -2.14. The highest BCUT2D eigenvalue weighted by atomic mass is 35.5. The third-order valence-electron chi connectivity index (χ3n) is 3.56. The lowest BCUT2D eigenvalue weighted by Crippen LogP contribution is -2.20. The molecule has 1 aliphatic carbocycles. The number of fused-ring (bicyclic) bond motifs is 1. The molecule has 1 N–H and O–H groups in total. The van der Waals surface area contributed by atoms with Crippen molar-refractivity contribution in [3.05, 3.63) is 63.9 Å². The second kappa shape index (κ2) is 5.15. The molecule has 1 aliphatic rings. The summed E-state index contributed by atoms with van der Waals surface area (Å²) in [5.41, 5.74) is 3.23. The van der Waals surface area contributed by atoms with Crippen molar-refractivity contribution in [3.8, 4) is 6.07 Å². The van der Waals surface area contributed by atoms with Crippen LogP contribution in [-0.2, 0) is 12.8 Å². The maximum Gasteiger partial charge on any atom is 0.147 e. The van der Waals surface area contributed by atoms with Gasteiger partial charge in [0.05, 0.1) is 17.3 Å². The molecule has 0 radical (unpaired) electrons. The van der Waals surface area contributed by atoms with E-state index in [-0.39, 0.29) is 6.04 Å². The topological polar surface area (TPSA) is 35.8 Å². The van der Waals surface area contributed by atoms with Gasteiger partial charge in [0.15, 0.2) is 0 Å². The number of hydrogen-bond acceptors (Lipinski definition) is 2. The van der Waals surface area contributed by atoms with Crippen LogP contribution in [0.2, 0.25) is 5.02 Å². The van der Waals surface area contributed by atoms with Crippen LogP contribution in [0.15, 0.2) is 36.4 Å². The van der Waals surface area contributed by atoms with Crippen LogP contribution in [-0.4, -0.2) is 6.04 Å². The zero-order chi connectivity index (χ0) is 14.1. The minimum Gasteiger partial charge on any atom is -0.379 e. The molecule has 0 bridgehead atoms. The van der Waals surface area contributed by atoms with Crippen LogP contribution in [0.5, 0.6) is 0 Å². The van der Waals surface area contributed by atoms with Crippen LogP contribution >= 0.6 is 11.6 Å². The first-order chi connectivity index (χ1) is 9.65. The molecule has 0 spiro atoms. The highest BCUT2D eigenvalue weighted by Gasteiger charge is 2.22. The largest absolute Gasteiger partial charge is 0.379 e. The number of anilines is 1. The van der Waals surface area contributed by atoms with Crippen LogP contribution in [0.4, 0.5) is 10.1 Å². The number of nitrogens with one attached hydrogen (secondary N) is 1. The van der Waals surface area contributed by atoms with Gasteiger partial charge < -0.3 is 5.32 Å². The average Bonchev–Trinajstić information content (AvgIpc) is 2.82. The molecule has 4 heteroatoms. The Bertz CT molecular complexity index is 706. The lowest BCUT2D eigenvalue weighted by molar-refractivity contribution is 0.624. The SMILES string of the molecule is N#Cc1ccc(NC2Cc3ccc(Cl)cc3C2)c(F)c1. The van der Waals surface area contributed by atoms with Crippen LogP contribution in [0, 0.1) is 17.1 Å². The first-order valence-electron chi connectivity index (χ1n) is 6.39. The molecule has 2 nitrogen and oxygen atoms in total. The smallest absolute Gasteiger partial charge is 0.147 e. The molecule has 2 aromatic carbocycles. The second-order valence-corrected chi connectivity index (χ2v) is 5.41. The second-order valence-electron chi connectivity index (χ2n) is 4.97. The Morgan fingerprint density at radius 2 is 1.95 bits per heavy atom. The first kappa shape index (κ1) is 13.0. The maximum absolute atomic E-state index is 13.8. The van der Waals surface area contributed by atoms with Crippen molar-refractivity contribution >= 4 is 17.3 Å². The van der Waals surface area contributed by atoms with Gasteiger partial charge in [-0.3, -0.25) is 0 Å². The van der Waals surface area contributed by atoms with Gasteiger partial charge in [-0.05, 0) is 54.3 Å².